The number of benzene rings is 2. The Balaban J connectivity index is 1.46. The Morgan fingerprint density at radius 3 is 2.88 bits per heavy atom. The standard InChI is InChI=1S/C19H20N2OS2/c1-13-9-10-14(2)16(12-13)20-18(22)8-5-11-23-19-21-15-6-3-4-7-17(15)24-19/h3-4,6-7,9-10,12H,5,8,11H2,1-2H3,(H,20,22). The number of fused-ring (bicyclic) bond motifs is 1. The van der Waals surface area contributed by atoms with Crippen molar-refractivity contribution in [2.45, 2.75) is 31.0 Å². The van der Waals surface area contributed by atoms with E-state index < -0.39 is 0 Å². The molecule has 0 fully saturated rings. The first kappa shape index (κ1) is 17.0. The van der Waals surface area contributed by atoms with Gasteiger partial charge in [0.15, 0.2) is 4.34 Å². The number of hydrogen-bond acceptors (Lipinski definition) is 4. The molecule has 0 spiro atoms. The van der Waals surface area contributed by atoms with Crippen molar-refractivity contribution >= 4 is 44.9 Å². The Morgan fingerprint density at radius 2 is 2.04 bits per heavy atom. The third-order valence-corrected chi connectivity index (χ3v) is 5.98. The molecule has 0 aliphatic heterocycles. The van der Waals surface area contributed by atoms with E-state index in [-0.39, 0.29) is 5.91 Å². The van der Waals surface area contributed by atoms with Gasteiger partial charge < -0.3 is 5.32 Å². The van der Waals surface area contributed by atoms with Crippen molar-refractivity contribution in [3.05, 3.63) is 53.6 Å². The van der Waals surface area contributed by atoms with Crippen LogP contribution in [0.1, 0.15) is 24.0 Å². The first-order valence-electron chi connectivity index (χ1n) is 7.97. The molecule has 0 bridgehead atoms. The molecule has 2 aromatic carbocycles. The number of thioether (sulfide) groups is 1. The molecule has 0 saturated heterocycles. The van der Waals surface area contributed by atoms with Crippen LogP contribution < -0.4 is 5.32 Å². The van der Waals surface area contributed by atoms with Crippen molar-refractivity contribution < 1.29 is 4.79 Å². The second kappa shape index (κ2) is 7.81. The van der Waals surface area contributed by atoms with Crippen LogP contribution in [0.25, 0.3) is 10.2 Å². The molecular weight excluding hydrogens is 336 g/mol. The number of aryl methyl sites for hydroxylation is 2. The maximum absolute atomic E-state index is 12.1. The molecular formula is C19H20N2OS2. The molecule has 0 radical (unpaired) electrons. The van der Waals surface area contributed by atoms with Crippen molar-refractivity contribution in [2.24, 2.45) is 0 Å². The van der Waals surface area contributed by atoms with Crippen molar-refractivity contribution in [1.29, 1.82) is 0 Å². The number of anilines is 1. The fraction of sp³-hybridized carbons (Fsp3) is 0.263. The molecule has 0 aliphatic carbocycles. The first-order valence-corrected chi connectivity index (χ1v) is 9.77. The summed E-state index contributed by atoms with van der Waals surface area (Å²) < 4.78 is 2.29. The second-order valence-electron chi connectivity index (χ2n) is 5.77. The average Bonchev–Trinajstić information content (AvgIpc) is 2.98. The molecule has 0 saturated carbocycles. The summed E-state index contributed by atoms with van der Waals surface area (Å²) in [6.07, 6.45) is 1.38. The lowest BCUT2D eigenvalue weighted by Crippen LogP contribution is -2.12. The van der Waals surface area contributed by atoms with Crippen LogP contribution in [0.3, 0.4) is 0 Å². The topological polar surface area (TPSA) is 42.0 Å². The van der Waals surface area contributed by atoms with E-state index in [1.54, 1.807) is 23.1 Å². The minimum atomic E-state index is 0.0774. The zero-order valence-electron chi connectivity index (χ0n) is 13.8. The fourth-order valence-corrected chi connectivity index (χ4v) is 4.47. The van der Waals surface area contributed by atoms with Gasteiger partial charge in [-0.2, -0.15) is 0 Å². The predicted octanol–water partition coefficient (Wildman–Crippen LogP) is 5.42. The maximum Gasteiger partial charge on any atom is 0.224 e. The molecule has 0 unspecified atom stereocenters. The third kappa shape index (κ3) is 4.36. The molecule has 3 rings (SSSR count). The number of carbonyl (C=O) groups excluding carboxylic acids is 1. The second-order valence-corrected chi connectivity index (χ2v) is 8.14. The van der Waals surface area contributed by atoms with Crippen LogP contribution in [0.5, 0.6) is 0 Å². The van der Waals surface area contributed by atoms with Gasteiger partial charge in [0.2, 0.25) is 5.91 Å². The summed E-state index contributed by atoms with van der Waals surface area (Å²) in [5.74, 6) is 0.980. The minimum Gasteiger partial charge on any atom is -0.326 e. The summed E-state index contributed by atoms with van der Waals surface area (Å²) in [6, 6.07) is 14.3. The van der Waals surface area contributed by atoms with Gasteiger partial charge >= 0.3 is 0 Å². The van der Waals surface area contributed by atoms with Gasteiger partial charge in [0.25, 0.3) is 0 Å². The van der Waals surface area contributed by atoms with E-state index in [0.29, 0.717) is 6.42 Å². The average molecular weight is 357 g/mol. The summed E-state index contributed by atoms with van der Waals surface area (Å²) in [6.45, 7) is 4.04. The molecule has 1 aromatic heterocycles. The highest BCUT2D eigenvalue weighted by molar-refractivity contribution is 8.01. The molecule has 1 amide bonds. The highest BCUT2D eigenvalue weighted by Crippen LogP contribution is 2.29. The van der Waals surface area contributed by atoms with Gasteiger partial charge in [-0.3, -0.25) is 4.79 Å². The van der Waals surface area contributed by atoms with Gasteiger partial charge in [-0.15, -0.1) is 11.3 Å². The molecule has 0 aliphatic rings. The van der Waals surface area contributed by atoms with Crippen LogP contribution in [0.15, 0.2) is 46.8 Å². The number of carbonyl (C=O) groups is 1. The largest absolute Gasteiger partial charge is 0.326 e. The van der Waals surface area contributed by atoms with Gasteiger partial charge in [-0.05, 0) is 49.6 Å². The Hall–Kier alpha value is -1.85. The number of thiazole rings is 1. The molecule has 5 heteroatoms. The van der Waals surface area contributed by atoms with Gasteiger partial charge in [-0.1, -0.05) is 36.0 Å². The summed E-state index contributed by atoms with van der Waals surface area (Å²) in [4.78, 5) is 16.7. The summed E-state index contributed by atoms with van der Waals surface area (Å²) in [5, 5.41) is 3.01. The van der Waals surface area contributed by atoms with E-state index >= 15 is 0 Å². The molecule has 3 nitrogen and oxygen atoms in total. The van der Waals surface area contributed by atoms with Crippen LogP contribution >= 0.6 is 23.1 Å². The van der Waals surface area contributed by atoms with Crippen LogP contribution in [0, 0.1) is 13.8 Å². The number of amides is 1. The lowest BCUT2D eigenvalue weighted by atomic mass is 10.1. The van der Waals surface area contributed by atoms with Gasteiger partial charge in [0.1, 0.15) is 0 Å². The van der Waals surface area contributed by atoms with Gasteiger partial charge in [0, 0.05) is 17.9 Å². The highest BCUT2D eigenvalue weighted by atomic mass is 32.2. The Bertz CT molecular complexity index is 824. The Morgan fingerprint density at radius 1 is 1.21 bits per heavy atom. The maximum atomic E-state index is 12.1. The van der Waals surface area contributed by atoms with E-state index in [2.05, 4.69) is 22.4 Å². The lowest BCUT2D eigenvalue weighted by molar-refractivity contribution is -0.116. The smallest absolute Gasteiger partial charge is 0.224 e. The monoisotopic (exact) mass is 356 g/mol. The fourth-order valence-electron chi connectivity index (χ4n) is 2.39. The van der Waals surface area contributed by atoms with E-state index in [1.165, 1.54) is 4.70 Å². The SMILES string of the molecule is Cc1ccc(C)c(NC(=O)CCCSc2nc3ccccc3s2)c1. The molecule has 1 N–H and O–H groups in total. The van der Waals surface area contributed by atoms with Crippen molar-refractivity contribution in [1.82, 2.24) is 4.98 Å². The van der Waals surface area contributed by atoms with Crippen LogP contribution in [0.4, 0.5) is 5.69 Å². The van der Waals surface area contributed by atoms with Crippen LogP contribution in [-0.4, -0.2) is 16.6 Å². The number of hydrogen-bond donors (Lipinski definition) is 1. The molecule has 0 atom stereocenters. The Labute approximate surface area is 150 Å². The summed E-state index contributed by atoms with van der Waals surface area (Å²) >= 11 is 3.44. The highest BCUT2D eigenvalue weighted by Gasteiger charge is 2.07. The molecule has 124 valence electrons. The number of aromatic nitrogens is 1. The number of nitrogens with zero attached hydrogens (tertiary/aromatic N) is 1. The van der Waals surface area contributed by atoms with Crippen molar-refractivity contribution in [2.75, 3.05) is 11.1 Å². The normalized spacial score (nSPS) is 10.9. The van der Waals surface area contributed by atoms with Crippen LogP contribution in [-0.2, 0) is 4.79 Å². The van der Waals surface area contributed by atoms with E-state index in [4.69, 9.17) is 0 Å². The Kier molecular flexibility index (Phi) is 5.53. The number of nitrogens with one attached hydrogen (secondary N) is 1. The lowest BCUT2D eigenvalue weighted by Gasteiger charge is -2.09. The van der Waals surface area contributed by atoms with E-state index in [1.807, 2.05) is 44.2 Å². The summed E-state index contributed by atoms with van der Waals surface area (Å²) in [7, 11) is 0. The van der Waals surface area contributed by atoms with E-state index in [9.17, 15) is 4.79 Å². The minimum absolute atomic E-state index is 0.0774. The quantitative estimate of drug-likeness (QED) is 0.473. The molecule has 1 heterocycles. The number of rotatable bonds is 6. The molecule has 24 heavy (non-hydrogen) atoms. The van der Waals surface area contributed by atoms with E-state index in [0.717, 1.165) is 38.8 Å². The number of para-hydroxylation sites is 1. The zero-order valence-corrected chi connectivity index (χ0v) is 15.5. The van der Waals surface area contributed by atoms with Crippen molar-refractivity contribution in [3.63, 3.8) is 0 Å². The van der Waals surface area contributed by atoms with Gasteiger partial charge in [-0.25, -0.2) is 4.98 Å². The first-order chi connectivity index (χ1) is 11.6. The van der Waals surface area contributed by atoms with Crippen LogP contribution in [0.2, 0.25) is 0 Å². The summed E-state index contributed by atoms with van der Waals surface area (Å²) in [5.41, 5.74) is 4.22. The third-order valence-electron chi connectivity index (χ3n) is 3.72. The van der Waals surface area contributed by atoms with Crippen molar-refractivity contribution in [3.8, 4) is 0 Å². The molecule has 3 aromatic rings. The zero-order chi connectivity index (χ0) is 16.9. The predicted molar refractivity (Wildman–Crippen MR) is 104 cm³/mol. The van der Waals surface area contributed by atoms with Gasteiger partial charge in [0.05, 0.1) is 10.2 Å².